The lowest BCUT2D eigenvalue weighted by molar-refractivity contribution is -0.871. The van der Waals surface area contributed by atoms with Gasteiger partial charge in [0.25, 0.3) is 0 Å². The molecule has 1 aliphatic carbocycles. The van der Waals surface area contributed by atoms with Crippen LogP contribution in [-0.2, 0) is 0 Å². The van der Waals surface area contributed by atoms with Crippen LogP contribution >= 0.6 is 0 Å². The van der Waals surface area contributed by atoms with Crippen molar-refractivity contribution in [1.29, 1.82) is 0 Å². The number of hydrogen-bond donors (Lipinski definition) is 1. The minimum Gasteiger partial charge on any atom is -0.483 e. The van der Waals surface area contributed by atoms with E-state index >= 15 is 0 Å². The fraction of sp³-hybridized carbons (Fsp3) is 0.286. The van der Waals surface area contributed by atoms with E-state index in [-0.39, 0.29) is 5.60 Å². The maximum atomic E-state index is 6.28. The van der Waals surface area contributed by atoms with Gasteiger partial charge < -0.3 is 14.5 Å². The van der Waals surface area contributed by atoms with Gasteiger partial charge in [-0.05, 0) is 72.6 Å². The Morgan fingerprint density at radius 1 is 0.935 bits per heavy atom. The number of allylic oxidation sites excluding steroid dienone is 5. The van der Waals surface area contributed by atoms with Gasteiger partial charge in [-0.15, -0.1) is 0 Å². The number of fused-ring (bicyclic) bond motifs is 1. The molecule has 0 saturated carbocycles. The summed E-state index contributed by atoms with van der Waals surface area (Å²) in [4.78, 5) is 3.54. The Balaban J connectivity index is 1.92. The summed E-state index contributed by atoms with van der Waals surface area (Å²) in [5.74, 6) is 0.937. The molecule has 2 aromatic carbocycles. The van der Waals surface area contributed by atoms with Crippen LogP contribution in [0.3, 0.4) is 0 Å². The highest BCUT2D eigenvalue weighted by atomic mass is 16.5. The van der Waals surface area contributed by atoms with Gasteiger partial charge in [-0.25, -0.2) is 0 Å². The van der Waals surface area contributed by atoms with Crippen molar-refractivity contribution in [2.45, 2.75) is 25.5 Å². The third kappa shape index (κ3) is 4.38. The molecule has 0 spiro atoms. The number of nitrogens with zero attached hydrogens (tertiary/aromatic N) is 1. The standard InChI is InChI=1S/C28H32N2O/c1-28(2)19-25(24-9-7-8-10-26(24)31-28)27(20-11-15-22(16-12-20)29(3)4)21-13-17-23(18-14-21)30(5)6/h7-19,22H,1-6H3/p+1. The molecule has 0 aromatic heterocycles. The number of nitrogens with one attached hydrogen (secondary N) is 1. The highest BCUT2D eigenvalue weighted by Crippen LogP contribution is 2.44. The van der Waals surface area contributed by atoms with Gasteiger partial charge in [-0.3, -0.25) is 0 Å². The molecule has 0 atom stereocenters. The first-order valence-electron chi connectivity index (χ1n) is 11.0. The summed E-state index contributed by atoms with van der Waals surface area (Å²) in [6, 6.07) is 17.6. The van der Waals surface area contributed by atoms with E-state index < -0.39 is 0 Å². The summed E-state index contributed by atoms with van der Waals surface area (Å²) in [7, 11) is 8.53. The molecule has 0 amide bonds. The third-order valence-corrected chi connectivity index (χ3v) is 5.91. The lowest BCUT2D eigenvalue weighted by Gasteiger charge is -2.33. The number of rotatable bonds is 4. The van der Waals surface area contributed by atoms with E-state index in [9.17, 15) is 0 Å². The molecular formula is C28H33N2O+. The van der Waals surface area contributed by atoms with Crippen LogP contribution in [0.25, 0.3) is 11.1 Å². The topological polar surface area (TPSA) is 16.9 Å². The molecule has 0 radical (unpaired) electrons. The van der Waals surface area contributed by atoms with E-state index in [1.165, 1.54) is 32.9 Å². The average molecular weight is 414 g/mol. The second kappa shape index (κ2) is 8.24. The smallest absolute Gasteiger partial charge is 0.128 e. The quantitative estimate of drug-likeness (QED) is 0.800. The second-order valence-electron chi connectivity index (χ2n) is 9.35. The summed E-state index contributed by atoms with van der Waals surface area (Å²) in [6.07, 6.45) is 11.4. The summed E-state index contributed by atoms with van der Waals surface area (Å²) in [5.41, 5.74) is 6.87. The number of hydrogen-bond acceptors (Lipinski definition) is 2. The molecule has 4 rings (SSSR count). The van der Waals surface area contributed by atoms with Crippen LogP contribution < -0.4 is 14.5 Å². The summed E-state index contributed by atoms with van der Waals surface area (Å²) >= 11 is 0. The number of anilines is 1. The molecule has 2 aliphatic rings. The van der Waals surface area contributed by atoms with E-state index in [0.29, 0.717) is 6.04 Å². The lowest BCUT2D eigenvalue weighted by Crippen LogP contribution is -3.09. The molecular weight excluding hydrogens is 380 g/mol. The first-order chi connectivity index (χ1) is 14.7. The number of ether oxygens (including phenoxy) is 1. The molecule has 3 nitrogen and oxygen atoms in total. The zero-order chi connectivity index (χ0) is 22.2. The van der Waals surface area contributed by atoms with Crippen LogP contribution in [0, 0.1) is 0 Å². The van der Waals surface area contributed by atoms with Gasteiger partial charge in [0.1, 0.15) is 17.4 Å². The van der Waals surface area contributed by atoms with Gasteiger partial charge in [0.15, 0.2) is 0 Å². The lowest BCUT2D eigenvalue weighted by atomic mass is 9.83. The monoisotopic (exact) mass is 413 g/mol. The molecule has 3 heteroatoms. The van der Waals surface area contributed by atoms with E-state index in [2.05, 4.69) is 120 Å². The minimum absolute atomic E-state index is 0.377. The van der Waals surface area contributed by atoms with Gasteiger partial charge in [-0.1, -0.05) is 42.5 Å². The highest BCUT2D eigenvalue weighted by molar-refractivity contribution is 6.09. The molecule has 0 fully saturated rings. The Morgan fingerprint density at radius 3 is 2.19 bits per heavy atom. The fourth-order valence-corrected chi connectivity index (χ4v) is 4.21. The summed E-state index contributed by atoms with van der Waals surface area (Å²) in [5, 5.41) is 0. The number of para-hydroxylation sites is 1. The summed E-state index contributed by atoms with van der Waals surface area (Å²) < 4.78 is 6.28. The van der Waals surface area contributed by atoms with Gasteiger partial charge in [0.2, 0.25) is 0 Å². The Labute approximate surface area is 186 Å². The van der Waals surface area contributed by atoms with Crippen molar-refractivity contribution in [3.8, 4) is 5.75 Å². The van der Waals surface area contributed by atoms with Crippen molar-refractivity contribution in [2.24, 2.45) is 0 Å². The highest BCUT2D eigenvalue weighted by Gasteiger charge is 2.29. The van der Waals surface area contributed by atoms with Crippen molar-refractivity contribution in [3.63, 3.8) is 0 Å². The van der Waals surface area contributed by atoms with Crippen molar-refractivity contribution < 1.29 is 9.64 Å². The van der Waals surface area contributed by atoms with E-state index in [1.54, 1.807) is 0 Å². The Hall–Kier alpha value is -3.04. The zero-order valence-corrected chi connectivity index (χ0v) is 19.4. The van der Waals surface area contributed by atoms with Gasteiger partial charge in [-0.2, -0.15) is 0 Å². The van der Waals surface area contributed by atoms with E-state index in [1.807, 2.05) is 6.07 Å². The SMILES string of the molecule is CN(C)c1ccc(C(C2=CC(C)(C)Oc3ccccc32)=C2C=CC([NH+](C)C)C=C2)cc1. The normalized spacial score (nSPS) is 19.0. The van der Waals surface area contributed by atoms with Crippen molar-refractivity contribution in [1.82, 2.24) is 0 Å². The van der Waals surface area contributed by atoms with Crippen molar-refractivity contribution >= 4 is 16.8 Å². The predicted molar refractivity (Wildman–Crippen MR) is 132 cm³/mol. The van der Waals surface area contributed by atoms with E-state index in [0.717, 1.165) is 11.3 Å². The van der Waals surface area contributed by atoms with Gasteiger partial charge in [0, 0.05) is 25.3 Å². The Morgan fingerprint density at radius 2 is 1.58 bits per heavy atom. The zero-order valence-electron chi connectivity index (χ0n) is 19.4. The molecule has 1 N–H and O–H groups in total. The molecule has 1 heterocycles. The maximum Gasteiger partial charge on any atom is 0.128 e. The van der Waals surface area contributed by atoms with Gasteiger partial charge >= 0.3 is 0 Å². The van der Waals surface area contributed by atoms with Crippen molar-refractivity contribution in [3.05, 3.63) is 95.6 Å². The molecule has 0 bridgehead atoms. The number of likely N-dealkylation sites (N-methyl/N-ethyl adjacent to an activating group) is 1. The first-order valence-corrected chi connectivity index (χ1v) is 11.0. The molecule has 2 aromatic rings. The molecule has 1 aliphatic heterocycles. The maximum absolute atomic E-state index is 6.28. The Bertz CT molecular complexity index is 1070. The molecule has 0 unspecified atom stereocenters. The molecule has 160 valence electrons. The predicted octanol–water partition coefficient (Wildman–Crippen LogP) is 4.40. The Kier molecular flexibility index (Phi) is 5.63. The first kappa shape index (κ1) is 21.2. The summed E-state index contributed by atoms with van der Waals surface area (Å²) in [6.45, 7) is 4.25. The second-order valence-corrected chi connectivity index (χ2v) is 9.35. The molecule has 0 saturated heterocycles. The van der Waals surface area contributed by atoms with Crippen LogP contribution in [-0.4, -0.2) is 39.8 Å². The van der Waals surface area contributed by atoms with Crippen LogP contribution in [0.5, 0.6) is 5.75 Å². The van der Waals surface area contributed by atoms with Gasteiger partial charge in [0.05, 0.1) is 14.1 Å². The van der Waals surface area contributed by atoms with Crippen LogP contribution in [0.4, 0.5) is 5.69 Å². The number of benzene rings is 2. The fourth-order valence-electron chi connectivity index (χ4n) is 4.21. The van der Waals surface area contributed by atoms with E-state index in [4.69, 9.17) is 4.74 Å². The third-order valence-electron chi connectivity index (χ3n) is 5.91. The molecule has 31 heavy (non-hydrogen) atoms. The van der Waals surface area contributed by atoms with Crippen LogP contribution in [0.1, 0.15) is 25.0 Å². The minimum atomic E-state index is -0.377. The number of quaternary nitrogens is 1. The van der Waals surface area contributed by atoms with Crippen LogP contribution in [0.15, 0.2) is 84.5 Å². The largest absolute Gasteiger partial charge is 0.483 e. The average Bonchev–Trinajstić information content (AvgIpc) is 2.74. The van der Waals surface area contributed by atoms with Crippen molar-refractivity contribution in [2.75, 3.05) is 33.1 Å². The van der Waals surface area contributed by atoms with Crippen LogP contribution in [0.2, 0.25) is 0 Å².